The van der Waals surface area contributed by atoms with Crippen LogP contribution in [0.2, 0.25) is 15.1 Å². The Morgan fingerprint density at radius 3 is 2.00 bits per heavy atom. The summed E-state index contributed by atoms with van der Waals surface area (Å²) in [4.78, 5) is 0. The maximum Gasteiger partial charge on any atom is 0.264 e. The molecule has 100 valence electrons. The van der Waals surface area contributed by atoms with Gasteiger partial charge in [-0.1, -0.05) is 40.9 Å². The zero-order chi connectivity index (χ0) is 14.2. The molecule has 2 rings (SSSR count). The number of hydrogen-bond acceptors (Lipinski definition) is 0. The molecule has 0 amide bonds. The van der Waals surface area contributed by atoms with E-state index in [1.165, 1.54) is 18.2 Å². The summed E-state index contributed by atoms with van der Waals surface area (Å²) in [6.45, 7) is 0. The quantitative estimate of drug-likeness (QED) is 0.600. The Bertz CT molecular complexity index is 604. The summed E-state index contributed by atoms with van der Waals surface area (Å²) in [5.74, 6) is -0.750. The monoisotopic (exact) mass is 324 g/mol. The third-order valence-electron chi connectivity index (χ3n) is 2.52. The first-order chi connectivity index (χ1) is 8.90. The molecule has 0 nitrogen and oxygen atoms in total. The molecule has 0 bridgehead atoms. The summed E-state index contributed by atoms with van der Waals surface area (Å²) in [6, 6.07) is 5.84. The van der Waals surface area contributed by atoms with Gasteiger partial charge in [-0.15, -0.1) is 0 Å². The van der Waals surface area contributed by atoms with Crippen molar-refractivity contribution < 1.29 is 13.2 Å². The van der Waals surface area contributed by atoms with E-state index < -0.39 is 17.8 Å². The van der Waals surface area contributed by atoms with E-state index in [2.05, 4.69) is 0 Å². The van der Waals surface area contributed by atoms with E-state index in [0.29, 0.717) is 5.02 Å². The lowest BCUT2D eigenvalue weighted by atomic mass is 9.99. The van der Waals surface area contributed by atoms with E-state index in [9.17, 15) is 13.2 Å². The lowest BCUT2D eigenvalue weighted by molar-refractivity contribution is 0.151. The van der Waals surface area contributed by atoms with Crippen LogP contribution in [-0.4, -0.2) is 0 Å². The molecule has 0 fully saturated rings. The van der Waals surface area contributed by atoms with Gasteiger partial charge in [-0.05, 0) is 29.8 Å². The summed E-state index contributed by atoms with van der Waals surface area (Å²) in [5, 5.41) is 0.552. The van der Waals surface area contributed by atoms with Crippen LogP contribution in [0.5, 0.6) is 0 Å². The van der Waals surface area contributed by atoms with Crippen LogP contribution in [0.1, 0.15) is 12.0 Å². The summed E-state index contributed by atoms with van der Waals surface area (Å²) >= 11 is 17.7. The van der Waals surface area contributed by atoms with Crippen molar-refractivity contribution in [2.45, 2.75) is 6.43 Å². The summed E-state index contributed by atoms with van der Waals surface area (Å²) in [7, 11) is 0. The second kappa shape index (κ2) is 5.61. The van der Waals surface area contributed by atoms with Gasteiger partial charge in [0, 0.05) is 16.1 Å². The molecule has 0 spiro atoms. The fourth-order valence-electron chi connectivity index (χ4n) is 1.74. The van der Waals surface area contributed by atoms with Gasteiger partial charge in [0.2, 0.25) is 0 Å². The van der Waals surface area contributed by atoms with Crippen molar-refractivity contribution in [2.75, 3.05) is 0 Å². The molecule has 0 aromatic heterocycles. The van der Waals surface area contributed by atoms with Crippen molar-refractivity contribution in [1.82, 2.24) is 0 Å². The molecule has 0 unspecified atom stereocenters. The van der Waals surface area contributed by atoms with Gasteiger partial charge in [-0.3, -0.25) is 0 Å². The molecule has 0 aliphatic heterocycles. The lowest BCUT2D eigenvalue weighted by Gasteiger charge is -2.13. The molecular weight excluding hydrogens is 319 g/mol. The molecule has 2 aromatic rings. The summed E-state index contributed by atoms with van der Waals surface area (Å²) in [6.07, 6.45) is -2.84. The molecule has 0 saturated heterocycles. The predicted molar refractivity (Wildman–Crippen MR) is 71.8 cm³/mol. The minimum atomic E-state index is -2.84. The van der Waals surface area contributed by atoms with Gasteiger partial charge in [-0.25, -0.2) is 13.2 Å². The van der Waals surface area contributed by atoms with Gasteiger partial charge in [-0.2, -0.15) is 0 Å². The van der Waals surface area contributed by atoms with Crippen LogP contribution in [0.25, 0.3) is 11.1 Å². The van der Waals surface area contributed by atoms with Crippen LogP contribution < -0.4 is 0 Å². The van der Waals surface area contributed by atoms with Gasteiger partial charge in [0.25, 0.3) is 6.43 Å². The SMILES string of the molecule is Fc1ccc(-c2c(Cl)cc(Cl)cc2Cl)c(C(F)F)c1. The Kier molecular flexibility index (Phi) is 4.29. The van der Waals surface area contributed by atoms with Crippen molar-refractivity contribution in [3.8, 4) is 11.1 Å². The fraction of sp³-hybridized carbons (Fsp3) is 0.0769. The predicted octanol–water partition coefficient (Wildman–Crippen LogP) is 6.39. The molecule has 0 atom stereocenters. The standard InChI is InChI=1S/C13H6Cl3F3/c14-6-3-10(15)12(11(16)4-6)8-2-1-7(17)5-9(8)13(18)19/h1-5,13H. The first-order valence-electron chi connectivity index (χ1n) is 5.12. The number of benzene rings is 2. The second-order valence-corrected chi connectivity index (χ2v) is 5.03. The minimum absolute atomic E-state index is 0.0862. The zero-order valence-electron chi connectivity index (χ0n) is 9.23. The molecular formula is C13H6Cl3F3. The summed E-state index contributed by atoms with van der Waals surface area (Å²) < 4.78 is 39.0. The highest BCUT2D eigenvalue weighted by Gasteiger charge is 2.19. The lowest BCUT2D eigenvalue weighted by Crippen LogP contribution is -1.93. The Morgan fingerprint density at radius 2 is 1.47 bits per heavy atom. The number of rotatable bonds is 2. The van der Waals surface area contributed by atoms with Crippen LogP contribution >= 0.6 is 34.8 Å². The molecule has 2 aromatic carbocycles. The zero-order valence-corrected chi connectivity index (χ0v) is 11.5. The third kappa shape index (κ3) is 2.99. The molecule has 0 N–H and O–H groups in total. The van der Waals surface area contributed by atoms with Crippen LogP contribution in [0, 0.1) is 5.82 Å². The largest absolute Gasteiger partial charge is 0.264 e. The number of halogens is 6. The molecule has 6 heteroatoms. The first-order valence-corrected chi connectivity index (χ1v) is 6.26. The van der Waals surface area contributed by atoms with E-state index in [-0.39, 0.29) is 21.2 Å². The normalized spacial score (nSPS) is 11.1. The Morgan fingerprint density at radius 1 is 0.895 bits per heavy atom. The maximum atomic E-state index is 13.1. The number of hydrogen-bond donors (Lipinski definition) is 0. The number of alkyl halides is 2. The average molecular weight is 326 g/mol. The van der Waals surface area contributed by atoms with Crippen molar-refractivity contribution in [3.63, 3.8) is 0 Å². The smallest absolute Gasteiger partial charge is 0.207 e. The van der Waals surface area contributed by atoms with E-state index >= 15 is 0 Å². The molecule has 0 saturated carbocycles. The Balaban J connectivity index is 2.72. The highest BCUT2D eigenvalue weighted by atomic mass is 35.5. The molecule has 19 heavy (non-hydrogen) atoms. The van der Waals surface area contributed by atoms with E-state index in [0.717, 1.165) is 12.1 Å². The van der Waals surface area contributed by atoms with E-state index in [4.69, 9.17) is 34.8 Å². The van der Waals surface area contributed by atoms with Crippen LogP contribution in [-0.2, 0) is 0 Å². The third-order valence-corrected chi connectivity index (χ3v) is 3.34. The van der Waals surface area contributed by atoms with Crippen LogP contribution in [0.3, 0.4) is 0 Å². The minimum Gasteiger partial charge on any atom is -0.207 e. The van der Waals surface area contributed by atoms with Gasteiger partial charge in [0.15, 0.2) is 0 Å². The van der Waals surface area contributed by atoms with Gasteiger partial charge < -0.3 is 0 Å². The topological polar surface area (TPSA) is 0 Å². The van der Waals surface area contributed by atoms with Gasteiger partial charge in [0.05, 0.1) is 10.0 Å². The van der Waals surface area contributed by atoms with Crippen molar-refractivity contribution >= 4 is 34.8 Å². The molecule has 0 aliphatic carbocycles. The Labute approximate surface area is 122 Å². The first kappa shape index (κ1) is 14.5. The van der Waals surface area contributed by atoms with E-state index in [1.54, 1.807) is 0 Å². The average Bonchev–Trinajstić information content (AvgIpc) is 2.29. The highest BCUT2D eigenvalue weighted by molar-refractivity contribution is 6.41. The van der Waals surface area contributed by atoms with Crippen molar-refractivity contribution in [1.29, 1.82) is 0 Å². The van der Waals surface area contributed by atoms with Crippen molar-refractivity contribution in [2.24, 2.45) is 0 Å². The Hall–Kier alpha value is -0.900. The molecule has 0 aliphatic rings. The van der Waals surface area contributed by atoms with Crippen molar-refractivity contribution in [3.05, 3.63) is 56.8 Å². The highest BCUT2D eigenvalue weighted by Crippen LogP contribution is 2.41. The fourth-order valence-corrected chi connectivity index (χ4v) is 2.76. The van der Waals surface area contributed by atoms with Gasteiger partial charge in [0.1, 0.15) is 5.82 Å². The second-order valence-electron chi connectivity index (χ2n) is 3.78. The van der Waals surface area contributed by atoms with E-state index in [1.807, 2.05) is 0 Å². The van der Waals surface area contributed by atoms with Gasteiger partial charge >= 0.3 is 0 Å². The molecule has 0 radical (unpaired) electrons. The molecule has 0 heterocycles. The van der Waals surface area contributed by atoms with Crippen LogP contribution in [0.15, 0.2) is 30.3 Å². The van der Waals surface area contributed by atoms with Crippen LogP contribution in [0.4, 0.5) is 13.2 Å². The summed E-state index contributed by atoms with van der Waals surface area (Å²) in [5.41, 5.74) is -0.169. The maximum absolute atomic E-state index is 13.1.